The molecule has 3 rings (SSSR count). The van der Waals surface area contributed by atoms with Gasteiger partial charge in [0.05, 0.1) is 6.93 Å². The molecule has 5 nitrogen and oxygen atoms in total. The Balaban J connectivity index is 1.72. The van der Waals surface area contributed by atoms with Crippen molar-refractivity contribution in [3.63, 3.8) is 0 Å². The van der Waals surface area contributed by atoms with Gasteiger partial charge in [-0.2, -0.15) is 4.39 Å². The van der Waals surface area contributed by atoms with E-state index >= 15 is 0 Å². The fraction of sp³-hybridized carbons (Fsp3) is 0.0667. The first kappa shape index (κ1) is 14.2. The number of halogens is 2. The minimum Gasteiger partial charge on any atom is -0.296 e. The van der Waals surface area contributed by atoms with E-state index in [0.717, 1.165) is 11.8 Å². The maximum absolute atomic E-state index is 13.6. The van der Waals surface area contributed by atoms with Gasteiger partial charge in [0.15, 0.2) is 0 Å². The van der Waals surface area contributed by atoms with Gasteiger partial charge >= 0.3 is 0 Å². The van der Waals surface area contributed by atoms with Crippen molar-refractivity contribution in [1.82, 2.24) is 15.2 Å². The summed E-state index contributed by atoms with van der Waals surface area (Å²) in [6, 6.07) is 8.30. The molecule has 2 aromatic heterocycles. The number of hydrogen-bond acceptors (Lipinski definition) is 5. The van der Waals surface area contributed by atoms with Gasteiger partial charge in [-0.3, -0.25) is 10.1 Å². The second kappa shape index (κ2) is 6.80. The summed E-state index contributed by atoms with van der Waals surface area (Å²) >= 11 is 7.01. The summed E-state index contributed by atoms with van der Waals surface area (Å²) in [5, 5.41) is 11.9. The van der Waals surface area contributed by atoms with Crippen LogP contribution in [-0.2, 0) is 6.42 Å². The molecule has 0 radical (unpaired) electrons. The molecule has 0 saturated carbocycles. The lowest BCUT2D eigenvalue weighted by Crippen LogP contribution is -2.14. The van der Waals surface area contributed by atoms with Crippen LogP contribution in [0.15, 0.2) is 42.6 Å². The maximum atomic E-state index is 13.6. The smallest absolute Gasteiger partial charge is 0.262 e. The highest BCUT2D eigenvalue weighted by molar-refractivity contribution is 7.15. The quantitative estimate of drug-likeness (QED) is 0.731. The summed E-state index contributed by atoms with van der Waals surface area (Å²) in [6.07, 6.45) is 1.67. The van der Waals surface area contributed by atoms with Gasteiger partial charge in [-0.1, -0.05) is 35.1 Å². The summed E-state index contributed by atoms with van der Waals surface area (Å²) in [5.41, 5.74) is 0.576. The molecule has 0 aliphatic rings. The number of pyridine rings is 1. The molecule has 0 aliphatic heterocycles. The highest BCUT2D eigenvalue weighted by Gasteiger charge is 2.14. The Kier molecular flexibility index (Phi) is 4.21. The predicted octanol–water partition coefficient (Wildman–Crippen LogP) is 3.57. The van der Waals surface area contributed by atoms with Crippen molar-refractivity contribution in [2.75, 3.05) is 5.32 Å². The third kappa shape index (κ3) is 3.88. The average molecular weight is 350 g/mol. The number of benzene rings is 1. The van der Waals surface area contributed by atoms with Crippen LogP contribution in [0.4, 0.5) is 9.52 Å². The Morgan fingerprint density at radius 1 is 1.35 bits per heavy atom. The summed E-state index contributed by atoms with van der Waals surface area (Å²) in [7, 11) is 0. The van der Waals surface area contributed by atoms with E-state index in [9.17, 15) is 9.18 Å². The first-order chi connectivity index (χ1) is 11.5. The topological polar surface area (TPSA) is 67.8 Å². The fourth-order valence-corrected chi connectivity index (χ4v) is 2.71. The fourth-order valence-electron chi connectivity index (χ4n) is 1.82. The predicted molar refractivity (Wildman–Crippen MR) is 86.3 cm³/mol. The lowest BCUT2D eigenvalue weighted by Gasteiger charge is -2.01. The lowest BCUT2D eigenvalue weighted by molar-refractivity contribution is 0.102. The Morgan fingerprint density at radius 3 is 2.87 bits per heavy atom. The molecule has 1 N–H and O–H groups in total. The largest absolute Gasteiger partial charge is 0.296 e. The lowest BCUT2D eigenvalue weighted by atomic mass is 10.2. The van der Waals surface area contributed by atoms with Crippen molar-refractivity contribution < 1.29 is 10.6 Å². The molecule has 0 fully saturated rings. The molecule has 1 aromatic carbocycles. The highest BCUT2D eigenvalue weighted by atomic mass is 35.5. The van der Waals surface area contributed by atoms with E-state index in [0.29, 0.717) is 16.5 Å². The number of anilines is 1. The van der Waals surface area contributed by atoms with E-state index in [1.54, 1.807) is 12.1 Å². The van der Waals surface area contributed by atoms with Crippen LogP contribution in [-0.4, -0.2) is 21.1 Å². The van der Waals surface area contributed by atoms with E-state index in [-0.39, 0.29) is 11.2 Å². The SMILES string of the molecule is [2H]c1ccnc(F)c1C(=O)Nc1nnc(Cc2ccc(Cl)cc2)s1. The van der Waals surface area contributed by atoms with Gasteiger partial charge in [0.2, 0.25) is 11.1 Å². The zero-order valence-electron chi connectivity index (χ0n) is 12.6. The minimum absolute atomic E-state index is 0.228. The molecule has 0 aliphatic carbocycles. The van der Waals surface area contributed by atoms with Crippen LogP contribution in [0.25, 0.3) is 0 Å². The third-order valence-electron chi connectivity index (χ3n) is 2.88. The van der Waals surface area contributed by atoms with Gasteiger partial charge in [-0.25, -0.2) is 4.98 Å². The van der Waals surface area contributed by atoms with Crippen LogP contribution in [0, 0.1) is 5.95 Å². The molecular formula is C15H10ClFN4OS. The Bertz CT molecular complexity index is 867. The average Bonchev–Trinajstić information content (AvgIpc) is 2.96. The maximum Gasteiger partial charge on any atom is 0.262 e. The van der Waals surface area contributed by atoms with Crippen molar-refractivity contribution in [3.8, 4) is 0 Å². The summed E-state index contributed by atoms with van der Waals surface area (Å²) in [6.45, 7) is 0. The number of carbonyl (C=O) groups excluding carboxylic acids is 1. The Labute approximate surface area is 141 Å². The van der Waals surface area contributed by atoms with Gasteiger partial charge in [-0.05, 0) is 29.8 Å². The van der Waals surface area contributed by atoms with Crippen LogP contribution in [0.5, 0.6) is 0 Å². The molecule has 0 saturated heterocycles. The van der Waals surface area contributed by atoms with Crippen molar-refractivity contribution in [3.05, 3.63) is 69.7 Å². The molecule has 116 valence electrons. The number of aromatic nitrogens is 3. The number of carbonyl (C=O) groups is 1. The van der Waals surface area contributed by atoms with Crippen LogP contribution in [0.1, 0.15) is 22.3 Å². The number of nitrogens with zero attached hydrogens (tertiary/aromatic N) is 3. The monoisotopic (exact) mass is 349 g/mol. The summed E-state index contributed by atoms with van der Waals surface area (Å²) in [5.74, 6) is -1.77. The molecule has 0 spiro atoms. The summed E-state index contributed by atoms with van der Waals surface area (Å²) in [4.78, 5) is 15.5. The molecule has 0 bridgehead atoms. The van der Waals surface area contributed by atoms with Crippen LogP contribution < -0.4 is 5.32 Å². The van der Waals surface area contributed by atoms with Crippen LogP contribution in [0.3, 0.4) is 0 Å². The van der Waals surface area contributed by atoms with E-state index in [2.05, 4.69) is 20.5 Å². The van der Waals surface area contributed by atoms with E-state index in [1.807, 2.05) is 12.1 Å². The van der Waals surface area contributed by atoms with Crippen molar-refractivity contribution in [2.24, 2.45) is 0 Å². The first-order valence-electron chi connectivity index (χ1n) is 7.02. The zero-order valence-corrected chi connectivity index (χ0v) is 13.2. The molecule has 0 unspecified atom stereocenters. The molecule has 1 amide bonds. The Hall–Kier alpha value is -2.38. The number of hydrogen-bond donors (Lipinski definition) is 1. The molecule has 8 heteroatoms. The molecule has 3 aromatic rings. The normalized spacial score (nSPS) is 11.1. The van der Waals surface area contributed by atoms with E-state index in [1.165, 1.54) is 17.4 Å². The molecule has 23 heavy (non-hydrogen) atoms. The third-order valence-corrected chi connectivity index (χ3v) is 3.97. The van der Waals surface area contributed by atoms with Crippen molar-refractivity contribution in [1.29, 1.82) is 0 Å². The zero-order chi connectivity index (χ0) is 17.1. The minimum atomic E-state index is -0.995. The van der Waals surface area contributed by atoms with Gasteiger partial charge in [0.1, 0.15) is 5.01 Å². The number of amides is 1. The van der Waals surface area contributed by atoms with Crippen LogP contribution >= 0.6 is 22.9 Å². The summed E-state index contributed by atoms with van der Waals surface area (Å²) < 4.78 is 21.2. The molecule has 0 atom stereocenters. The van der Waals surface area contributed by atoms with E-state index < -0.39 is 17.4 Å². The second-order valence-electron chi connectivity index (χ2n) is 4.51. The molecule has 2 heterocycles. The van der Waals surface area contributed by atoms with Crippen LogP contribution in [0.2, 0.25) is 5.02 Å². The van der Waals surface area contributed by atoms with Gasteiger partial charge in [-0.15, -0.1) is 10.2 Å². The highest BCUT2D eigenvalue weighted by Crippen LogP contribution is 2.20. The number of rotatable bonds is 4. The van der Waals surface area contributed by atoms with Gasteiger partial charge < -0.3 is 0 Å². The standard InChI is InChI=1S/C15H10ClFN4OS/c16-10-5-3-9(4-6-10)8-12-20-21-15(23-12)19-14(22)11-2-1-7-18-13(11)17/h1-7H,8H2,(H,19,21,22)/i2D. The Morgan fingerprint density at radius 2 is 2.13 bits per heavy atom. The molecular weight excluding hydrogens is 339 g/mol. The van der Waals surface area contributed by atoms with Gasteiger partial charge in [0, 0.05) is 17.6 Å². The first-order valence-corrected chi connectivity index (χ1v) is 7.71. The van der Waals surface area contributed by atoms with Gasteiger partial charge in [0.25, 0.3) is 5.91 Å². The second-order valence-corrected chi connectivity index (χ2v) is 6.01. The van der Waals surface area contributed by atoms with Crippen molar-refractivity contribution in [2.45, 2.75) is 6.42 Å². The van der Waals surface area contributed by atoms with E-state index in [4.69, 9.17) is 13.0 Å². The van der Waals surface area contributed by atoms with Crippen molar-refractivity contribution >= 4 is 34.0 Å². The number of nitrogens with one attached hydrogen (secondary N) is 1.